The van der Waals surface area contributed by atoms with E-state index in [-0.39, 0.29) is 0 Å². The summed E-state index contributed by atoms with van der Waals surface area (Å²) in [6.45, 7) is 2.71. The number of aldehydes is 1. The summed E-state index contributed by atoms with van der Waals surface area (Å²) >= 11 is 0. The van der Waals surface area contributed by atoms with Crippen LogP contribution in [0.15, 0.2) is 29.4 Å². The van der Waals surface area contributed by atoms with Crippen molar-refractivity contribution in [2.45, 2.75) is 19.4 Å². The third-order valence-electron chi connectivity index (χ3n) is 2.43. The number of rotatable bonds is 7. The van der Waals surface area contributed by atoms with Crippen LogP contribution in [0.3, 0.4) is 0 Å². The molecular weight excluding hydrogens is 230 g/mol. The lowest BCUT2D eigenvalue weighted by Gasteiger charge is -2.06. The first kappa shape index (κ1) is 14.3. The van der Waals surface area contributed by atoms with Crippen LogP contribution in [0.1, 0.15) is 18.1 Å². The molecule has 0 spiro atoms. The van der Waals surface area contributed by atoms with Crippen LogP contribution < -0.4 is 11.5 Å². The summed E-state index contributed by atoms with van der Waals surface area (Å²) in [6, 6.07) is 7.27. The van der Waals surface area contributed by atoms with Crippen LogP contribution in [0, 0.1) is 0 Å². The van der Waals surface area contributed by atoms with Gasteiger partial charge in [0.2, 0.25) is 0 Å². The molecule has 1 aromatic rings. The van der Waals surface area contributed by atoms with Gasteiger partial charge in [0.15, 0.2) is 0 Å². The maximum atomic E-state index is 10.5. The molecule has 4 N–H and O–H groups in total. The van der Waals surface area contributed by atoms with Gasteiger partial charge in [0.1, 0.15) is 12.9 Å². The molecule has 0 fully saturated rings. The van der Waals surface area contributed by atoms with Crippen LogP contribution in [-0.2, 0) is 16.1 Å². The summed E-state index contributed by atoms with van der Waals surface area (Å²) in [5, 5.41) is 3.95. The highest BCUT2D eigenvalue weighted by Crippen LogP contribution is 2.07. The summed E-state index contributed by atoms with van der Waals surface area (Å²) in [5.74, 6) is 0. The van der Waals surface area contributed by atoms with Crippen molar-refractivity contribution in [3.63, 3.8) is 0 Å². The fourth-order valence-corrected chi connectivity index (χ4v) is 1.45. The average molecular weight is 249 g/mol. The van der Waals surface area contributed by atoms with Gasteiger partial charge >= 0.3 is 0 Å². The van der Waals surface area contributed by atoms with E-state index in [0.29, 0.717) is 19.6 Å². The molecule has 5 nitrogen and oxygen atoms in total. The molecule has 0 saturated heterocycles. The molecule has 0 aliphatic carbocycles. The van der Waals surface area contributed by atoms with Crippen LogP contribution in [0.4, 0.5) is 0 Å². The van der Waals surface area contributed by atoms with E-state index in [1.54, 1.807) is 0 Å². The van der Waals surface area contributed by atoms with E-state index in [1.807, 2.05) is 31.2 Å². The Morgan fingerprint density at radius 2 is 2.11 bits per heavy atom. The van der Waals surface area contributed by atoms with Gasteiger partial charge in [-0.15, -0.1) is 0 Å². The molecule has 18 heavy (non-hydrogen) atoms. The predicted octanol–water partition coefficient (Wildman–Crippen LogP) is 0.455. The summed E-state index contributed by atoms with van der Waals surface area (Å²) < 4.78 is 0. The second-order valence-electron chi connectivity index (χ2n) is 4.00. The van der Waals surface area contributed by atoms with Crippen molar-refractivity contribution in [2.24, 2.45) is 16.6 Å². The number of hydrogen-bond donors (Lipinski definition) is 2. The Labute approximate surface area is 107 Å². The highest BCUT2D eigenvalue weighted by molar-refractivity contribution is 5.98. The minimum Gasteiger partial charge on any atom is -0.394 e. The van der Waals surface area contributed by atoms with Crippen molar-refractivity contribution in [3.8, 4) is 0 Å². The zero-order chi connectivity index (χ0) is 13.4. The fraction of sp³-hybridized carbons (Fsp3) is 0.385. The highest BCUT2D eigenvalue weighted by atomic mass is 16.6. The Hall–Kier alpha value is -1.72. The van der Waals surface area contributed by atoms with E-state index in [1.165, 1.54) is 0 Å². The molecule has 5 heteroatoms. The molecule has 0 unspecified atom stereocenters. The number of nitrogens with zero attached hydrogens (tertiary/aromatic N) is 1. The summed E-state index contributed by atoms with van der Waals surface area (Å²) in [7, 11) is 0. The van der Waals surface area contributed by atoms with Crippen LogP contribution in [-0.4, -0.2) is 31.2 Å². The Morgan fingerprint density at radius 3 is 2.67 bits per heavy atom. The van der Waals surface area contributed by atoms with Gasteiger partial charge in [0.25, 0.3) is 0 Å². The molecule has 1 aromatic carbocycles. The third-order valence-corrected chi connectivity index (χ3v) is 2.43. The zero-order valence-corrected chi connectivity index (χ0v) is 10.5. The van der Waals surface area contributed by atoms with E-state index >= 15 is 0 Å². The van der Waals surface area contributed by atoms with Gasteiger partial charge in [-0.1, -0.05) is 29.4 Å². The number of carbonyl (C=O) groups excluding carboxylic acids is 1. The average Bonchev–Trinajstić information content (AvgIpc) is 2.39. The molecular formula is C13H19N3O2. The molecule has 0 aliphatic heterocycles. The first-order valence-electron chi connectivity index (χ1n) is 5.84. The maximum Gasteiger partial charge on any atom is 0.137 e. The normalized spacial score (nSPS) is 13.2. The van der Waals surface area contributed by atoms with Gasteiger partial charge in [0, 0.05) is 6.54 Å². The maximum absolute atomic E-state index is 10.5. The second-order valence-corrected chi connectivity index (χ2v) is 4.00. The largest absolute Gasteiger partial charge is 0.394 e. The van der Waals surface area contributed by atoms with Crippen LogP contribution in [0.5, 0.6) is 0 Å². The van der Waals surface area contributed by atoms with E-state index in [4.69, 9.17) is 16.3 Å². The van der Waals surface area contributed by atoms with Crippen LogP contribution in [0.2, 0.25) is 0 Å². The third kappa shape index (κ3) is 4.65. The van der Waals surface area contributed by atoms with Crippen molar-refractivity contribution in [1.29, 1.82) is 0 Å². The Balaban J connectivity index is 2.64. The van der Waals surface area contributed by atoms with Crippen LogP contribution in [0.25, 0.3) is 0 Å². The van der Waals surface area contributed by atoms with Gasteiger partial charge in [-0.2, -0.15) is 0 Å². The summed E-state index contributed by atoms with van der Waals surface area (Å²) in [6.07, 6.45) is 1.30. The van der Waals surface area contributed by atoms with Gasteiger partial charge in [-0.3, -0.25) is 0 Å². The minimum absolute atomic E-state index is 0.406. The van der Waals surface area contributed by atoms with Crippen LogP contribution >= 0.6 is 0 Å². The molecule has 1 rings (SSSR count). The topological polar surface area (TPSA) is 90.7 Å². The van der Waals surface area contributed by atoms with Gasteiger partial charge in [-0.05, 0) is 24.5 Å². The van der Waals surface area contributed by atoms with Crippen molar-refractivity contribution >= 4 is 12.0 Å². The van der Waals surface area contributed by atoms with Crippen molar-refractivity contribution in [1.82, 2.24) is 0 Å². The Bertz CT molecular complexity index is 401. The summed E-state index contributed by atoms with van der Waals surface area (Å²) in [5.41, 5.74) is 13.6. The summed E-state index contributed by atoms with van der Waals surface area (Å²) in [4.78, 5) is 15.5. The molecule has 0 amide bonds. The number of benzene rings is 1. The zero-order valence-electron chi connectivity index (χ0n) is 10.5. The smallest absolute Gasteiger partial charge is 0.137 e. The molecule has 0 heterocycles. The molecule has 0 bridgehead atoms. The molecule has 98 valence electrons. The van der Waals surface area contributed by atoms with Crippen molar-refractivity contribution in [3.05, 3.63) is 35.4 Å². The van der Waals surface area contributed by atoms with Gasteiger partial charge in [0.05, 0.1) is 11.8 Å². The number of carbonyl (C=O) groups is 1. The van der Waals surface area contributed by atoms with E-state index in [2.05, 4.69) is 5.16 Å². The van der Waals surface area contributed by atoms with E-state index in [9.17, 15) is 4.79 Å². The van der Waals surface area contributed by atoms with E-state index < -0.39 is 6.04 Å². The molecule has 1 atom stereocenters. The van der Waals surface area contributed by atoms with Gasteiger partial charge < -0.3 is 21.1 Å². The quantitative estimate of drug-likeness (QED) is 0.318. The standard InChI is InChI=1S/C13H19N3O2/c1-10(16-18-7-6-14)12-4-2-11(3-5-12)8-13(15)9-17/h2-5,9,13H,6-8,14-15H2,1H3/b16-10-/t13-/m0/s1. The lowest BCUT2D eigenvalue weighted by atomic mass is 10.0. The van der Waals surface area contributed by atoms with Crippen molar-refractivity contribution < 1.29 is 9.63 Å². The monoisotopic (exact) mass is 249 g/mol. The van der Waals surface area contributed by atoms with Gasteiger partial charge in [-0.25, -0.2) is 0 Å². The molecule has 0 aliphatic rings. The number of nitrogens with two attached hydrogens (primary N) is 2. The minimum atomic E-state index is -0.446. The predicted molar refractivity (Wildman–Crippen MR) is 71.4 cm³/mol. The fourth-order valence-electron chi connectivity index (χ4n) is 1.45. The number of oxime groups is 1. The highest BCUT2D eigenvalue weighted by Gasteiger charge is 2.03. The lowest BCUT2D eigenvalue weighted by molar-refractivity contribution is -0.108. The molecule has 0 aromatic heterocycles. The van der Waals surface area contributed by atoms with E-state index in [0.717, 1.165) is 23.1 Å². The molecule has 0 saturated carbocycles. The second kappa shape index (κ2) is 7.58. The SMILES string of the molecule is C/C(=N/OCCN)c1ccc(C[C@H](N)C=O)cc1. The Kier molecular flexibility index (Phi) is 6.04. The first-order chi connectivity index (χ1) is 8.67. The lowest BCUT2D eigenvalue weighted by Crippen LogP contribution is -2.24. The first-order valence-corrected chi connectivity index (χ1v) is 5.84. The van der Waals surface area contributed by atoms with Crippen molar-refractivity contribution in [2.75, 3.05) is 13.2 Å². The molecule has 0 radical (unpaired) electrons. The Morgan fingerprint density at radius 1 is 1.44 bits per heavy atom. The number of hydrogen-bond acceptors (Lipinski definition) is 5.